The van der Waals surface area contributed by atoms with Gasteiger partial charge in [0.1, 0.15) is 6.04 Å². The average Bonchev–Trinajstić information content (AvgIpc) is 3.10. The lowest BCUT2D eigenvalue weighted by molar-refractivity contribution is -0.938. The van der Waals surface area contributed by atoms with Crippen LogP contribution < -0.4 is 4.90 Å². The Morgan fingerprint density at radius 2 is 1.91 bits per heavy atom. The van der Waals surface area contributed by atoms with E-state index < -0.39 is 0 Å². The molecule has 1 unspecified atom stereocenters. The standard InChI is InChI=1S/C17H20N2O2S/c1-11-12-7-9-22-15(12)6-8-18(11)10-19-16(20)13-4-2-3-5-14(13)17(19)21/h2-3,7,9,11,13-14H,4-6,8,10H2,1H3/p+1/t11-,13-,14+/m0/s1. The zero-order chi connectivity index (χ0) is 15.3. The molecule has 3 aliphatic rings. The Hall–Kier alpha value is -1.46. The molecule has 2 amide bonds. The SMILES string of the molecule is C[C@H]1c2ccsc2CC[NH+]1CN1C(=O)[C@H]2CC=CC[C@H]2C1=O. The first kappa shape index (κ1) is 14.2. The van der Waals surface area contributed by atoms with Gasteiger partial charge in [-0.25, -0.2) is 4.90 Å². The number of fused-ring (bicyclic) bond motifs is 2. The molecule has 0 aromatic carbocycles. The normalized spacial score (nSPS) is 34.0. The van der Waals surface area contributed by atoms with Gasteiger partial charge in [0, 0.05) is 16.9 Å². The van der Waals surface area contributed by atoms with Crippen LogP contribution in [0.4, 0.5) is 0 Å². The van der Waals surface area contributed by atoms with Crippen molar-refractivity contribution in [1.29, 1.82) is 0 Å². The molecule has 1 aromatic heterocycles. The van der Waals surface area contributed by atoms with Crippen LogP contribution in [0.1, 0.15) is 36.2 Å². The van der Waals surface area contributed by atoms with E-state index in [2.05, 4.69) is 18.4 Å². The Morgan fingerprint density at radius 1 is 1.23 bits per heavy atom. The maximum atomic E-state index is 12.6. The van der Waals surface area contributed by atoms with Crippen LogP contribution in [0.3, 0.4) is 0 Å². The molecule has 1 aromatic rings. The second kappa shape index (κ2) is 5.32. The summed E-state index contributed by atoms with van der Waals surface area (Å²) >= 11 is 1.82. The number of imide groups is 1. The third kappa shape index (κ3) is 2.07. The first-order valence-electron chi connectivity index (χ1n) is 8.08. The van der Waals surface area contributed by atoms with Gasteiger partial charge in [-0.05, 0) is 31.2 Å². The van der Waals surface area contributed by atoms with Gasteiger partial charge < -0.3 is 4.90 Å². The van der Waals surface area contributed by atoms with E-state index in [0.717, 1.165) is 25.8 Å². The fraction of sp³-hybridized carbons (Fsp3) is 0.529. The smallest absolute Gasteiger partial charge is 0.237 e. The van der Waals surface area contributed by atoms with Crippen molar-refractivity contribution in [3.63, 3.8) is 0 Å². The molecule has 1 saturated heterocycles. The van der Waals surface area contributed by atoms with Gasteiger partial charge in [-0.1, -0.05) is 12.2 Å². The van der Waals surface area contributed by atoms with Crippen LogP contribution in [-0.2, 0) is 16.0 Å². The molecule has 4 rings (SSSR count). The molecule has 1 aliphatic carbocycles. The number of carbonyl (C=O) groups excluding carboxylic acids is 2. The predicted molar refractivity (Wildman–Crippen MR) is 84.3 cm³/mol. The summed E-state index contributed by atoms with van der Waals surface area (Å²) in [7, 11) is 0. The molecule has 5 heteroatoms. The highest BCUT2D eigenvalue weighted by Gasteiger charge is 2.49. The van der Waals surface area contributed by atoms with Crippen molar-refractivity contribution in [2.24, 2.45) is 11.8 Å². The maximum Gasteiger partial charge on any atom is 0.237 e. The lowest BCUT2D eigenvalue weighted by Crippen LogP contribution is -3.14. The Bertz CT molecular complexity index is 625. The van der Waals surface area contributed by atoms with Crippen LogP contribution in [0.5, 0.6) is 0 Å². The summed E-state index contributed by atoms with van der Waals surface area (Å²) in [5.74, 6) is -0.104. The minimum atomic E-state index is -0.103. The zero-order valence-electron chi connectivity index (χ0n) is 12.7. The molecule has 0 spiro atoms. The predicted octanol–water partition coefficient (Wildman–Crippen LogP) is 1.16. The Kier molecular flexibility index (Phi) is 3.42. The highest BCUT2D eigenvalue weighted by molar-refractivity contribution is 7.10. The number of nitrogens with one attached hydrogen (secondary N) is 1. The fourth-order valence-corrected chi connectivity index (χ4v) is 5.07. The number of amides is 2. The summed E-state index contributed by atoms with van der Waals surface area (Å²) in [4.78, 5) is 29.5. The quantitative estimate of drug-likeness (QED) is 0.657. The average molecular weight is 317 g/mol. The monoisotopic (exact) mass is 317 g/mol. The number of likely N-dealkylation sites (tertiary alicyclic amines) is 1. The number of hydrogen-bond donors (Lipinski definition) is 1. The van der Waals surface area contributed by atoms with Crippen molar-refractivity contribution in [2.45, 2.75) is 32.2 Å². The maximum absolute atomic E-state index is 12.6. The van der Waals surface area contributed by atoms with Crippen LogP contribution in [0, 0.1) is 11.8 Å². The van der Waals surface area contributed by atoms with Crippen LogP contribution in [-0.4, -0.2) is 29.9 Å². The molecule has 3 heterocycles. The van der Waals surface area contributed by atoms with Gasteiger partial charge in [0.2, 0.25) is 11.8 Å². The molecule has 2 aliphatic heterocycles. The zero-order valence-corrected chi connectivity index (χ0v) is 13.6. The third-order valence-electron chi connectivity index (χ3n) is 5.49. The number of nitrogens with zero attached hydrogens (tertiary/aromatic N) is 1. The van der Waals surface area contributed by atoms with E-state index in [9.17, 15) is 9.59 Å². The van der Waals surface area contributed by atoms with Crippen molar-refractivity contribution < 1.29 is 14.5 Å². The number of thiophene rings is 1. The summed E-state index contributed by atoms with van der Waals surface area (Å²) in [5, 5.41) is 2.15. The van der Waals surface area contributed by atoms with E-state index in [1.54, 1.807) is 4.90 Å². The lowest BCUT2D eigenvalue weighted by atomic mass is 9.85. The van der Waals surface area contributed by atoms with Crippen LogP contribution in [0.15, 0.2) is 23.6 Å². The third-order valence-corrected chi connectivity index (χ3v) is 6.49. The second-order valence-corrected chi connectivity index (χ2v) is 7.60. The molecular formula is C17H21N2O2S+. The first-order valence-corrected chi connectivity index (χ1v) is 8.96. The topological polar surface area (TPSA) is 41.8 Å². The second-order valence-electron chi connectivity index (χ2n) is 6.60. The molecule has 0 radical (unpaired) electrons. The molecule has 0 bridgehead atoms. The molecule has 1 N–H and O–H groups in total. The number of carbonyl (C=O) groups is 2. The largest absolute Gasteiger partial charge is 0.311 e. The van der Waals surface area contributed by atoms with Gasteiger partial charge in [0.25, 0.3) is 0 Å². The molecule has 22 heavy (non-hydrogen) atoms. The summed E-state index contributed by atoms with van der Waals surface area (Å²) in [6.45, 7) is 3.74. The highest BCUT2D eigenvalue weighted by Crippen LogP contribution is 2.34. The van der Waals surface area contributed by atoms with Crippen molar-refractivity contribution in [2.75, 3.05) is 13.2 Å². The van der Waals surface area contributed by atoms with Gasteiger partial charge >= 0.3 is 0 Å². The first-order chi connectivity index (χ1) is 10.7. The van der Waals surface area contributed by atoms with E-state index in [4.69, 9.17) is 0 Å². The van der Waals surface area contributed by atoms with Gasteiger partial charge in [0.15, 0.2) is 6.67 Å². The Morgan fingerprint density at radius 3 is 2.59 bits per heavy atom. The minimum absolute atomic E-state index is 0.0511. The molecule has 0 saturated carbocycles. The van der Waals surface area contributed by atoms with E-state index in [0.29, 0.717) is 12.7 Å². The van der Waals surface area contributed by atoms with Gasteiger partial charge in [-0.15, -0.1) is 11.3 Å². The summed E-state index contributed by atoms with van der Waals surface area (Å²) in [6, 6.07) is 2.55. The van der Waals surface area contributed by atoms with E-state index >= 15 is 0 Å². The molecule has 4 atom stereocenters. The van der Waals surface area contributed by atoms with E-state index in [1.165, 1.54) is 15.3 Å². The van der Waals surface area contributed by atoms with Crippen molar-refractivity contribution in [3.8, 4) is 0 Å². The summed E-state index contributed by atoms with van der Waals surface area (Å²) in [6.07, 6.45) is 6.60. The van der Waals surface area contributed by atoms with Crippen LogP contribution >= 0.6 is 11.3 Å². The van der Waals surface area contributed by atoms with Crippen LogP contribution in [0.2, 0.25) is 0 Å². The van der Waals surface area contributed by atoms with E-state index in [1.807, 2.05) is 23.5 Å². The molecule has 4 nitrogen and oxygen atoms in total. The fourth-order valence-electron chi connectivity index (χ4n) is 4.09. The molecule has 1 fully saturated rings. The molecule has 116 valence electrons. The lowest BCUT2D eigenvalue weighted by Gasteiger charge is -2.32. The van der Waals surface area contributed by atoms with Crippen molar-refractivity contribution >= 4 is 23.2 Å². The van der Waals surface area contributed by atoms with Crippen molar-refractivity contribution in [1.82, 2.24) is 4.90 Å². The Balaban J connectivity index is 1.52. The van der Waals surface area contributed by atoms with Crippen LogP contribution in [0.25, 0.3) is 0 Å². The highest BCUT2D eigenvalue weighted by atomic mass is 32.1. The van der Waals surface area contributed by atoms with Gasteiger partial charge in [-0.2, -0.15) is 0 Å². The van der Waals surface area contributed by atoms with Gasteiger partial charge in [0.05, 0.1) is 18.4 Å². The minimum Gasteiger partial charge on any atom is -0.311 e. The van der Waals surface area contributed by atoms with E-state index in [-0.39, 0.29) is 23.7 Å². The summed E-state index contributed by atoms with van der Waals surface area (Å²) < 4.78 is 0. The molecular weight excluding hydrogens is 296 g/mol. The van der Waals surface area contributed by atoms with Gasteiger partial charge in [-0.3, -0.25) is 9.59 Å². The number of hydrogen-bond acceptors (Lipinski definition) is 3. The summed E-state index contributed by atoms with van der Waals surface area (Å²) in [5.41, 5.74) is 1.39. The number of rotatable bonds is 2. The Labute approximate surface area is 134 Å². The number of allylic oxidation sites excluding steroid dienone is 2. The number of quaternary nitrogens is 1. The van der Waals surface area contributed by atoms with Crippen molar-refractivity contribution in [3.05, 3.63) is 34.0 Å².